The molecule has 0 saturated carbocycles. The van der Waals surface area contributed by atoms with Crippen molar-refractivity contribution in [2.45, 2.75) is 0 Å². The van der Waals surface area contributed by atoms with Crippen molar-refractivity contribution < 1.29 is 0 Å². The van der Waals surface area contributed by atoms with E-state index in [1.165, 1.54) is 42.0 Å². The first-order valence-corrected chi connectivity index (χ1v) is 12.6. The summed E-state index contributed by atoms with van der Waals surface area (Å²) in [7, 11) is 0. The smallest absolute Gasteiger partial charge is 0.0977 e. The van der Waals surface area contributed by atoms with Crippen molar-refractivity contribution in [3.63, 3.8) is 0 Å². The zero-order chi connectivity index (χ0) is 22.9. The van der Waals surface area contributed by atoms with Crippen LogP contribution in [0.2, 0.25) is 0 Å². The van der Waals surface area contributed by atoms with E-state index in [9.17, 15) is 0 Å². The quantitative estimate of drug-likeness (QED) is 0.251. The largest absolute Gasteiger partial charge is 0.314 e. The van der Waals surface area contributed by atoms with E-state index in [-0.39, 0.29) is 0 Å². The highest BCUT2D eigenvalue weighted by Gasteiger charge is 2.20. The summed E-state index contributed by atoms with van der Waals surface area (Å²) in [6.45, 7) is 0. The topological polar surface area (TPSA) is 22.8 Å². The Balaban J connectivity index is 1.55. The molecule has 4 heteroatoms. The second kappa shape index (κ2) is 7.05. The van der Waals surface area contributed by atoms with Gasteiger partial charge in [0.25, 0.3) is 0 Å². The summed E-state index contributed by atoms with van der Waals surface area (Å²) in [4.78, 5) is 4.90. The van der Waals surface area contributed by atoms with Crippen LogP contribution in [0, 0.1) is 0 Å². The van der Waals surface area contributed by atoms with E-state index in [0.717, 1.165) is 22.4 Å². The van der Waals surface area contributed by atoms with E-state index in [2.05, 4.69) is 112 Å². The summed E-state index contributed by atoms with van der Waals surface area (Å²) < 4.78 is 7.30. The van der Waals surface area contributed by atoms with Gasteiger partial charge in [-0.2, -0.15) is 0 Å². The highest BCUT2D eigenvalue weighted by atomic mass is 32.1. The predicted octanol–water partition coefficient (Wildman–Crippen LogP) is 8.49. The molecule has 4 heterocycles. The summed E-state index contributed by atoms with van der Waals surface area (Å²) in [5.41, 5.74) is 6.88. The molecule has 0 N–H and O–H groups in total. The van der Waals surface area contributed by atoms with Gasteiger partial charge in [0, 0.05) is 49.0 Å². The summed E-state index contributed by atoms with van der Waals surface area (Å²) >= 11 is 1.86. The van der Waals surface area contributed by atoms with Crippen LogP contribution in [0.15, 0.2) is 116 Å². The summed E-state index contributed by atoms with van der Waals surface area (Å²) in [6, 6.07) is 36.7. The summed E-state index contributed by atoms with van der Waals surface area (Å²) in [6.07, 6.45) is 4.17. The fraction of sp³-hybridized carbons (Fsp3) is 0. The average molecular weight is 466 g/mol. The number of rotatable bonds is 2. The molecule has 0 spiro atoms. The third kappa shape index (κ3) is 2.57. The number of benzene rings is 4. The van der Waals surface area contributed by atoms with Crippen LogP contribution in [0.1, 0.15) is 0 Å². The molecule has 0 aliphatic heterocycles. The monoisotopic (exact) mass is 465 g/mol. The van der Waals surface area contributed by atoms with Crippen molar-refractivity contribution in [3.05, 3.63) is 116 Å². The van der Waals surface area contributed by atoms with Crippen molar-refractivity contribution in [2.75, 3.05) is 0 Å². The van der Waals surface area contributed by atoms with Crippen molar-refractivity contribution in [2.24, 2.45) is 0 Å². The second-order valence-corrected chi connectivity index (χ2v) is 9.93. The van der Waals surface area contributed by atoms with Gasteiger partial charge in [-0.05, 0) is 42.5 Å². The van der Waals surface area contributed by atoms with Gasteiger partial charge in [0.15, 0.2) is 0 Å². The Morgan fingerprint density at radius 2 is 1.37 bits per heavy atom. The second-order valence-electron chi connectivity index (χ2n) is 8.88. The zero-order valence-electron chi connectivity index (χ0n) is 18.7. The fourth-order valence-electron chi connectivity index (χ4n) is 5.49. The van der Waals surface area contributed by atoms with E-state index in [4.69, 9.17) is 4.98 Å². The van der Waals surface area contributed by atoms with E-state index < -0.39 is 0 Å². The van der Waals surface area contributed by atoms with Gasteiger partial charge in [-0.1, -0.05) is 60.7 Å². The van der Waals surface area contributed by atoms with E-state index in [1.807, 2.05) is 23.6 Å². The van der Waals surface area contributed by atoms with Crippen molar-refractivity contribution >= 4 is 64.3 Å². The lowest BCUT2D eigenvalue weighted by molar-refractivity contribution is 1.10. The molecule has 0 bridgehead atoms. The first-order chi connectivity index (χ1) is 17.4. The van der Waals surface area contributed by atoms with Crippen LogP contribution in [-0.2, 0) is 0 Å². The van der Waals surface area contributed by atoms with Crippen LogP contribution >= 0.6 is 11.3 Å². The number of hydrogen-bond acceptors (Lipinski definition) is 2. The van der Waals surface area contributed by atoms with Gasteiger partial charge >= 0.3 is 0 Å². The Morgan fingerprint density at radius 3 is 2.29 bits per heavy atom. The SMILES string of the molecule is c1ccc(-n2cc(-n3c4cccnc4c4c5sc6ccccc6c5ccc43)c3ccccc32)cc1. The first-order valence-electron chi connectivity index (χ1n) is 11.7. The highest BCUT2D eigenvalue weighted by molar-refractivity contribution is 7.26. The lowest BCUT2D eigenvalue weighted by Gasteiger charge is -2.06. The van der Waals surface area contributed by atoms with Gasteiger partial charge in [0.1, 0.15) is 0 Å². The van der Waals surface area contributed by atoms with Gasteiger partial charge in [0.2, 0.25) is 0 Å². The van der Waals surface area contributed by atoms with Gasteiger partial charge in [-0.3, -0.25) is 4.98 Å². The molecule has 0 unspecified atom stereocenters. The molecule has 164 valence electrons. The van der Waals surface area contributed by atoms with Gasteiger partial charge in [0.05, 0.1) is 27.8 Å². The van der Waals surface area contributed by atoms with Crippen molar-refractivity contribution in [3.8, 4) is 11.4 Å². The molecule has 35 heavy (non-hydrogen) atoms. The predicted molar refractivity (Wildman–Crippen MR) is 148 cm³/mol. The van der Waals surface area contributed by atoms with Gasteiger partial charge in [-0.25, -0.2) is 0 Å². The van der Waals surface area contributed by atoms with E-state index >= 15 is 0 Å². The van der Waals surface area contributed by atoms with Crippen LogP contribution in [0.3, 0.4) is 0 Å². The van der Waals surface area contributed by atoms with Crippen molar-refractivity contribution in [1.29, 1.82) is 0 Å². The van der Waals surface area contributed by atoms with Crippen LogP contribution < -0.4 is 0 Å². The average Bonchev–Trinajstić information content (AvgIpc) is 3.58. The summed E-state index contributed by atoms with van der Waals surface area (Å²) in [5.74, 6) is 0. The third-order valence-electron chi connectivity index (χ3n) is 7.00. The van der Waals surface area contributed by atoms with Gasteiger partial charge in [-0.15, -0.1) is 11.3 Å². The molecule has 4 aromatic heterocycles. The van der Waals surface area contributed by atoms with Crippen LogP contribution in [0.25, 0.3) is 64.4 Å². The minimum Gasteiger partial charge on any atom is -0.314 e. The number of pyridine rings is 1. The molecule has 0 radical (unpaired) electrons. The standard InChI is InChI=1S/C31H19N3S/c1-2-9-20(10-3-1)33-19-27(23-12-4-6-13-24(23)33)34-25-17-16-22-21-11-5-7-15-28(21)35-31(22)29(25)30-26(34)14-8-18-32-30/h1-19H. The molecule has 0 aliphatic rings. The molecule has 4 aromatic carbocycles. The number of para-hydroxylation sites is 2. The first kappa shape index (κ1) is 19.0. The maximum absolute atomic E-state index is 4.90. The van der Waals surface area contributed by atoms with Crippen molar-refractivity contribution in [1.82, 2.24) is 14.1 Å². The number of hydrogen-bond donors (Lipinski definition) is 0. The summed E-state index contributed by atoms with van der Waals surface area (Å²) in [5, 5.41) is 5.06. The third-order valence-corrected chi connectivity index (χ3v) is 8.20. The van der Waals surface area contributed by atoms with Crippen LogP contribution in [0.4, 0.5) is 0 Å². The Bertz CT molecular complexity index is 2060. The molecule has 0 saturated heterocycles. The number of nitrogens with zero attached hydrogens (tertiary/aromatic N) is 3. The fourth-order valence-corrected chi connectivity index (χ4v) is 6.74. The molecule has 0 aliphatic carbocycles. The maximum Gasteiger partial charge on any atom is 0.0977 e. The van der Waals surface area contributed by atoms with Gasteiger partial charge < -0.3 is 9.13 Å². The molecule has 0 atom stereocenters. The molecule has 0 amide bonds. The molecule has 8 rings (SSSR count). The molecule has 8 aromatic rings. The normalized spacial score (nSPS) is 12.0. The molecule has 0 fully saturated rings. The number of thiophene rings is 1. The minimum atomic E-state index is 1.05. The van der Waals surface area contributed by atoms with Crippen LogP contribution in [-0.4, -0.2) is 14.1 Å². The highest BCUT2D eigenvalue weighted by Crippen LogP contribution is 2.43. The lowest BCUT2D eigenvalue weighted by Crippen LogP contribution is -1.93. The number of aromatic nitrogens is 3. The van der Waals surface area contributed by atoms with E-state index in [0.29, 0.717) is 0 Å². The van der Waals surface area contributed by atoms with E-state index in [1.54, 1.807) is 0 Å². The molecule has 3 nitrogen and oxygen atoms in total. The Kier molecular flexibility index (Phi) is 3.82. The maximum atomic E-state index is 4.90. The Morgan fingerprint density at radius 1 is 0.600 bits per heavy atom. The minimum absolute atomic E-state index is 1.05. The lowest BCUT2D eigenvalue weighted by atomic mass is 10.1. The molecular weight excluding hydrogens is 446 g/mol. The Hall–Kier alpha value is -4.41. The number of fused-ring (bicyclic) bond motifs is 8. The molecular formula is C31H19N3S. The zero-order valence-corrected chi connectivity index (χ0v) is 19.5. The van der Waals surface area contributed by atoms with Crippen LogP contribution in [0.5, 0.6) is 0 Å². The Labute approximate surface area is 205 Å².